The number of sulfonamides is 2. The Kier molecular flexibility index (Phi) is 30.1. The SMILES string of the molecule is C=C1CC(=C)[N-]1.C=P1(C)CP(=C)(C)[N-]1.C=P1(C)CP(=C)(C)[N-]1.C=S1(=C)CS(=C)(=C)[N-]1.C=[PH]1C[PH](=C)[N-]1.CP1(=O)CP(C)(=O)[N-]1.CP1(=O)CP(C)(=O)[N-]1.O=C1CC([O-])=N1.O=S1(=O)CS(=O)(=O)[N-]1.O=[PH]1C[PH](=O)[N-]1.[Rf].[Rf].[Rf].[Rf]. The molecule has 0 spiro atoms. The van der Waals surface area contributed by atoms with E-state index in [4.69, 9.17) is 0 Å². The van der Waals surface area contributed by atoms with Gasteiger partial charge in [0, 0.05) is 46.9 Å². The average molecular weight is 2380 g/mol. The predicted octanol–water partition coefficient (Wildman–Crippen LogP) is 12.6. The molecule has 12 atom stereocenters. The number of nitrogens with zero attached hydrogens (tertiary/aromatic N) is 10. The number of hydrogen-bond acceptors (Lipinski definition) is 12. The van der Waals surface area contributed by atoms with Crippen molar-refractivity contribution in [3.8, 4) is 0 Å². The molecular weight excluding hydrogens is 2310 g/mol. The van der Waals surface area contributed by atoms with E-state index in [0.717, 1.165) is 22.9 Å². The Morgan fingerprint density at radius 1 is 0.526 bits per heavy atom. The van der Waals surface area contributed by atoms with E-state index in [1.54, 1.807) is 26.7 Å². The first-order valence-electron chi connectivity index (χ1n) is 20.3. The van der Waals surface area contributed by atoms with Crippen LogP contribution < -0.4 is 5.11 Å². The maximum atomic E-state index is 10.7. The largest absolute Gasteiger partial charge is 0.861 e. The molecule has 10 aliphatic rings. The van der Waals surface area contributed by atoms with Gasteiger partial charge < -0.3 is 75.2 Å². The van der Waals surface area contributed by atoms with Gasteiger partial charge in [-0.1, -0.05) is 56.0 Å². The summed E-state index contributed by atoms with van der Waals surface area (Å²) in [7, 11) is -26.1. The van der Waals surface area contributed by atoms with Gasteiger partial charge in [0.2, 0.25) is 5.91 Å². The molecule has 432 valence electrons. The summed E-state index contributed by atoms with van der Waals surface area (Å²) in [4.78, 5) is 36.4. The van der Waals surface area contributed by atoms with Crippen molar-refractivity contribution in [2.45, 2.75) is 12.8 Å². The van der Waals surface area contributed by atoms with E-state index in [-0.39, 0.29) is 33.6 Å². The summed E-state index contributed by atoms with van der Waals surface area (Å²) >= 11 is 0. The molecule has 12 unspecified atom stereocenters. The number of carbonyl (C=O) groups is 1. The van der Waals surface area contributed by atoms with E-state index in [1.165, 1.54) is 17.7 Å². The molecule has 0 aromatic rings. The van der Waals surface area contributed by atoms with E-state index >= 15 is 0 Å². The molecule has 0 bridgehead atoms. The Labute approximate surface area is 435 Å². The number of aliphatic imine (C=N–C) groups is 1. The molecule has 0 aliphatic carbocycles. The Hall–Kier alpha value is -2.64. The van der Waals surface area contributed by atoms with Crippen LogP contribution in [0.2, 0.25) is 0 Å². The van der Waals surface area contributed by atoms with Crippen molar-refractivity contribution in [3.05, 3.63) is 67.3 Å². The summed E-state index contributed by atoms with van der Waals surface area (Å²) in [6.45, 7) is 22.1. The maximum Gasteiger partial charge on any atom is 0.249 e. The number of carbonyl (C=O) groups excluding carboxylic acids is 1. The molecule has 9 fully saturated rings. The maximum absolute atomic E-state index is 10.7. The molecule has 10 aliphatic heterocycles. The summed E-state index contributed by atoms with van der Waals surface area (Å²) in [6.07, 6.45) is 24.6. The first-order chi connectivity index (χ1) is 31.6. The van der Waals surface area contributed by atoms with Gasteiger partial charge >= 0.3 is 0 Å². The zero-order chi connectivity index (χ0) is 56.8. The fourth-order valence-corrected chi connectivity index (χ4v) is 53.6. The normalized spacial score (nSPS) is 39.9. The molecule has 9 saturated heterocycles. The van der Waals surface area contributed by atoms with Gasteiger partial charge in [-0.2, -0.15) is 11.4 Å². The quantitative estimate of drug-likeness (QED) is 0.161. The van der Waals surface area contributed by atoms with Gasteiger partial charge in [0.1, 0.15) is 5.08 Å². The topological polar surface area (TPSA) is 350 Å². The Balaban J connectivity index is -0.000000378. The Morgan fingerprint density at radius 3 is 0.750 bits per heavy atom. The molecule has 0 aromatic carbocycles. The number of amides is 1. The summed E-state index contributed by atoms with van der Waals surface area (Å²) < 4.78 is 109. The van der Waals surface area contributed by atoms with Crippen molar-refractivity contribution < 1.29 is 54.1 Å². The van der Waals surface area contributed by atoms with E-state index in [1.807, 2.05) is 0 Å². The molecule has 0 aromatic heterocycles. The average Bonchev–Trinajstić information content (AvgIpc) is 2.97. The number of hydrogen-bond donors (Lipinski definition) is 0. The molecule has 42 heteroatoms. The third-order valence-corrected chi connectivity index (χ3v) is 59.3. The molecule has 1 amide bonds. The van der Waals surface area contributed by atoms with E-state index in [0.29, 0.717) is 17.7 Å². The second kappa shape index (κ2) is 28.7. The van der Waals surface area contributed by atoms with Crippen LogP contribution in [0.5, 0.6) is 0 Å². The summed E-state index contributed by atoms with van der Waals surface area (Å²) in [5.74, 6) is 19.5. The van der Waals surface area contributed by atoms with Gasteiger partial charge in [-0.05, 0) is 71.8 Å². The Bertz CT molecular complexity index is 2600. The second-order valence-corrected chi connectivity index (χ2v) is 63.4. The molecule has 22 nitrogen and oxygen atoms in total. The minimum absolute atomic E-state index is 0. The van der Waals surface area contributed by atoms with E-state index in [2.05, 4.69) is 149 Å². The fourth-order valence-electron chi connectivity index (χ4n) is 6.59. The third-order valence-electron chi connectivity index (χ3n) is 7.72. The van der Waals surface area contributed by atoms with Crippen LogP contribution in [-0.4, -0.2) is 189 Å². The predicted molar refractivity (Wildman–Crippen MR) is 353 cm³/mol. The van der Waals surface area contributed by atoms with E-state index < -0.39 is 117 Å². The van der Waals surface area contributed by atoms with Crippen molar-refractivity contribution in [2.24, 2.45) is 4.99 Å². The van der Waals surface area contributed by atoms with Crippen molar-refractivity contribution in [1.29, 1.82) is 0 Å². The standard InChI is InChI=1S/2C5H12NP2.C5H10NS2.C5H6N.2C3H8NO2P2.C3H3NO2.C3H8NP2.CH2NO4S2.CH4NO2P2.4Rf/c3*1-7(2)5-8(3,4)6-7;1-4-3-5(2)6-4;2*1-7(5)3-8(2,6)4-7;5-2-1-3(6)4-2;1-5-3-6(2)4-5;3-7(4)1-8(5,6)2-7;3-5-1-6(4)2-5;;;;/h2*1,3,5H2,2,4H3;1-5H2;1-3H2;2*3H2,1-2H3;1H2,(H,4,5,6);5-6H,1-3H2;1H2;5-6H,1H2;;;;/q6*-1;;3*-1;;;;/p-1. The van der Waals surface area contributed by atoms with Crippen LogP contribution in [0.3, 0.4) is 0 Å². The van der Waals surface area contributed by atoms with Crippen LogP contribution in [0, 0.1) is 0 Å². The van der Waals surface area contributed by atoms with Gasteiger partial charge in [-0.25, -0.2) is 65.4 Å². The van der Waals surface area contributed by atoms with Crippen molar-refractivity contribution in [1.82, 2.24) is 0 Å². The fraction of sp³-hybridized carbons (Fsp3) is 0.529. The molecule has 0 N–H and O–H groups in total. The van der Waals surface area contributed by atoms with Gasteiger partial charge in [0.25, 0.3) is 0 Å². The zero-order valence-corrected chi connectivity index (χ0v) is 85.0. The van der Waals surface area contributed by atoms with Crippen molar-refractivity contribution in [3.63, 3.8) is 0 Å². The minimum Gasteiger partial charge on any atom is -0.861 e. The first kappa shape index (κ1) is 79.8. The van der Waals surface area contributed by atoms with Crippen molar-refractivity contribution >= 4 is 201 Å². The van der Waals surface area contributed by atoms with Crippen LogP contribution in [-0.2, 0) is 52.2 Å². The molecule has 0 saturated carbocycles. The molecule has 76 heavy (non-hydrogen) atoms. The van der Waals surface area contributed by atoms with Gasteiger partial charge in [-0.15, -0.1) is 51.0 Å². The summed E-state index contributed by atoms with van der Waals surface area (Å²) in [6, 6.07) is 0. The van der Waals surface area contributed by atoms with Crippen molar-refractivity contribution in [2.75, 3.05) is 98.9 Å². The Morgan fingerprint density at radius 2 is 0.750 bits per heavy atom. The summed E-state index contributed by atoms with van der Waals surface area (Å²) in [5.41, 5.74) is 1.92. The van der Waals surface area contributed by atoms with Crippen LogP contribution >= 0.6 is 107 Å². The van der Waals surface area contributed by atoms with Crippen LogP contribution in [0.25, 0.3) is 42.7 Å². The third kappa shape index (κ3) is 34.4. The molecule has 0 radical (unpaired) electrons. The van der Waals surface area contributed by atoms with Crippen LogP contribution in [0.15, 0.2) is 29.5 Å². The zero-order valence-electron chi connectivity index (χ0n) is 45.0. The van der Waals surface area contributed by atoms with Gasteiger partial charge in [0.15, 0.2) is 0 Å². The van der Waals surface area contributed by atoms with Gasteiger partial charge in [-0.3, -0.25) is 23.6 Å². The second-order valence-electron chi connectivity index (χ2n) is 19.0. The number of rotatable bonds is 0. The minimum atomic E-state index is -3.55. The first-order valence-corrected chi connectivity index (χ1v) is 53.9. The molecular formula is C34H72N10O12P12Rf4S4-10. The van der Waals surface area contributed by atoms with Gasteiger partial charge in [0.05, 0.1) is 26.5 Å². The summed E-state index contributed by atoms with van der Waals surface area (Å²) in [5, 5.41) is 13.7. The van der Waals surface area contributed by atoms with Crippen LogP contribution in [0.4, 0.5) is 0 Å². The molecule has 10 heterocycles. The molecule has 10 rings (SSSR count). The van der Waals surface area contributed by atoms with E-state index in [9.17, 15) is 54.1 Å². The monoisotopic (exact) mass is 2380 g/mol. The van der Waals surface area contributed by atoms with Crippen LogP contribution in [0.1, 0.15) is 12.8 Å². The smallest absolute Gasteiger partial charge is 0.249 e.